The van der Waals surface area contributed by atoms with Crippen LogP contribution in [-0.2, 0) is 10.0 Å². The number of nitrogens with one attached hydrogen (secondary N) is 3. The molecule has 1 aromatic heterocycles. The first-order chi connectivity index (χ1) is 16.4. The van der Waals surface area contributed by atoms with Crippen molar-refractivity contribution in [3.8, 4) is 0 Å². The third-order valence-electron chi connectivity index (χ3n) is 6.28. The van der Waals surface area contributed by atoms with Crippen LogP contribution in [0, 0.1) is 0 Å². The molecule has 0 saturated heterocycles. The molecule has 1 unspecified atom stereocenters. The number of benzene rings is 2. The number of amides is 2. The van der Waals surface area contributed by atoms with Crippen LogP contribution in [0.25, 0.3) is 10.9 Å². The first kappa shape index (κ1) is 23.9. The van der Waals surface area contributed by atoms with E-state index >= 15 is 0 Å². The van der Waals surface area contributed by atoms with Crippen LogP contribution in [0.1, 0.15) is 69.2 Å². The van der Waals surface area contributed by atoms with Crippen molar-refractivity contribution in [2.75, 3.05) is 0 Å². The lowest BCUT2D eigenvalue weighted by Gasteiger charge is -2.23. The molecule has 1 aliphatic rings. The zero-order chi connectivity index (χ0) is 24.1. The molecule has 1 heterocycles. The van der Waals surface area contributed by atoms with Crippen molar-refractivity contribution in [1.82, 2.24) is 20.0 Å². The molecule has 1 atom stereocenters. The standard InChI is InChI=1S/C25H30N4O4S/c1-2-9-20(23-27-22-15-7-6-14-21(22)24(30)28-23)17-10-8-13-19(16-17)34(32,33)29-25(31)26-18-11-4-3-5-12-18/h6-8,10,13-16,18,20H,2-5,9,11-12H2,1H3,(H2,26,29,31)(H,27,28,30). The summed E-state index contributed by atoms with van der Waals surface area (Å²) in [5.41, 5.74) is 1.06. The highest BCUT2D eigenvalue weighted by atomic mass is 32.2. The molecule has 4 rings (SSSR count). The normalized spacial score (nSPS) is 15.7. The van der Waals surface area contributed by atoms with Gasteiger partial charge in [-0.2, -0.15) is 0 Å². The van der Waals surface area contributed by atoms with Crippen molar-refractivity contribution >= 4 is 27.0 Å². The van der Waals surface area contributed by atoms with Crippen LogP contribution in [0.5, 0.6) is 0 Å². The average Bonchev–Trinajstić information content (AvgIpc) is 2.83. The number of carbonyl (C=O) groups excluding carboxylic acids is 1. The van der Waals surface area contributed by atoms with Gasteiger partial charge in [0.15, 0.2) is 0 Å². The maximum Gasteiger partial charge on any atom is 0.328 e. The molecule has 0 aliphatic heterocycles. The molecule has 1 aliphatic carbocycles. The van der Waals surface area contributed by atoms with E-state index in [0.717, 1.165) is 38.5 Å². The number of aromatic amines is 1. The molecule has 8 nitrogen and oxygen atoms in total. The molecule has 9 heteroatoms. The number of para-hydroxylation sites is 1. The lowest BCUT2D eigenvalue weighted by molar-refractivity contribution is 0.237. The zero-order valence-corrected chi connectivity index (χ0v) is 20.0. The third kappa shape index (κ3) is 5.47. The minimum absolute atomic E-state index is 0.0000195. The molecule has 0 spiro atoms. The number of urea groups is 1. The van der Waals surface area contributed by atoms with Gasteiger partial charge in [0.05, 0.1) is 15.8 Å². The number of fused-ring (bicyclic) bond motifs is 1. The molecule has 2 amide bonds. The summed E-state index contributed by atoms with van der Waals surface area (Å²) in [6.07, 6.45) is 6.39. The molecule has 180 valence electrons. The second kappa shape index (κ2) is 10.4. The van der Waals surface area contributed by atoms with E-state index in [0.29, 0.717) is 28.7 Å². The highest BCUT2D eigenvalue weighted by molar-refractivity contribution is 7.90. The average molecular weight is 483 g/mol. The van der Waals surface area contributed by atoms with E-state index in [4.69, 9.17) is 0 Å². The Kier molecular flexibility index (Phi) is 7.31. The van der Waals surface area contributed by atoms with Crippen molar-refractivity contribution in [2.45, 2.75) is 68.7 Å². The van der Waals surface area contributed by atoms with Crippen LogP contribution < -0.4 is 15.6 Å². The predicted octanol–water partition coefficient (Wildman–Crippen LogP) is 4.18. The van der Waals surface area contributed by atoms with Crippen LogP contribution in [0.3, 0.4) is 0 Å². The summed E-state index contributed by atoms with van der Waals surface area (Å²) in [5.74, 6) is 0.191. The molecule has 0 bridgehead atoms. The number of H-pyrrole nitrogens is 1. The van der Waals surface area contributed by atoms with Crippen molar-refractivity contribution < 1.29 is 13.2 Å². The van der Waals surface area contributed by atoms with Gasteiger partial charge in [0.2, 0.25) is 0 Å². The van der Waals surface area contributed by atoms with Crippen molar-refractivity contribution in [3.63, 3.8) is 0 Å². The zero-order valence-electron chi connectivity index (χ0n) is 19.2. The Labute approximate surface area is 199 Å². The minimum Gasteiger partial charge on any atom is -0.335 e. The van der Waals surface area contributed by atoms with E-state index in [9.17, 15) is 18.0 Å². The number of hydrogen-bond donors (Lipinski definition) is 3. The third-order valence-corrected chi connectivity index (χ3v) is 7.61. The Bertz CT molecular complexity index is 1330. The summed E-state index contributed by atoms with van der Waals surface area (Å²) < 4.78 is 28.0. The molecule has 2 aromatic carbocycles. The van der Waals surface area contributed by atoms with Gasteiger partial charge in [-0.25, -0.2) is 22.9 Å². The maximum atomic E-state index is 12.9. The number of aromatic nitrogens is 2. The van der Waals surface area contributed by atoms with Gasteiger partial charge in [-0.3, -0.25) is 4.79 Å². The van der Waals surface area contributed by atoms with Crippen LogP contribution in [0.15, 0.2) is 58.2 Å². The summed E-state index contributed by atoms with van der Waals surface area (Å²) >= 11 is 0. The van der Waals surface area contributed by atoms with E-state index in [1.807, 2.05) is 19.1 Å². The molecule has 0 radical (unpaired) electrons. The summed E-state index contributed by atoms with van der Waals surface area (Å²) in [6.45, 7) is 2.02. The predicted molar refractivity (Wildman–Crippen MR) is 131 cm³/mol. The van der Waals surface area contributed by atoms with Gasteiger partial charge in [-0.1, -0.05) is 56.9 Å². The number of sulfonamides is 1. The Balaban J connectivity index is 1.60. The van der Waals surface area contributed by atoms with Gasteiger partial charge in [0.1, 0.15) is 5.82 Å². The highest BCUT2D eigenvalue weighted by Gasteiger charge is 2.24. The summed E-state index contributed by atoms with van der Waals surface area (Å²) in [4.78, 5) is 32.5. The topological polar surface area (TPSA) is 121 Å². The monoisotopic (exact) mass is 482 g/mol. The maximum absolute atomic E-state index is 12.9. The molecule has 1 saturated carbocycles. The van der Waals surface area contributed by atoms with E-state index in [1.54, 1.807) is 30.3 Å². The minimum atomic E-state index is -4.06. The van der Waals surface area contributed by atoms with Crippen molar-refractivity contribution in [1.29, 1.82) is 0 Å². The van der Waals surface area contributed by atoms with E-state index in [2.05, 4.69) is 20.0 Å². The summed E-state index contributed by atoms with van der Waals surface area (Å²) in [7, 11) is -4.06. The van der Waals surface area contributed by atoms with Crippen LogP contribution >= 0.6 is 0 Å². The first-order valence-electron chi connectivity index (χ1n) is 11.8. The van der Waals surface area contributed by atoms with E-state index in [1.165, 1.54) is 6.07 Å². The molecular formula is C25H30N4O4S. The number of carbonyl (C=O) groups is 1. The molecule has 3 aromatic rings. The SMILES string of the molecule is CCCC(c1cccc(S(=O)(=O)NC(=O)NC2CCCCC2)c1)c1nc2ccccc2c(=O)[nH]1. The lowest BCUT2D eigenvalue weighted by atomic mass is 9.93. The van der Waals surface area contributed by atoms with E-state index in [-0.39, 0.29) is 22.4 Å². The molecule has 1 fully saturated rings. The fourth-order valence-corrected chi connectivity index (χ4v) is 5.53. The summed E-state index contributed by atoms with van der Waals surface area (Å²) in [5, 5.41) is 3.28. The van der Waals surface area contributed by atoms with Gasteiger partial charge >= 0.3 is 6.03 Å². The number of rotatable bonds is 7. The Hall–Kier alpha value is -3.20. The van der Waals surface area contributed by atoms with Gasteiger partial charge in [0.25, 0.3) is 15.6 Å². The second-order valence-corrected chi connectivity index (χ2v) is 10.5. The first-order valence-corrected chi connectivity index (χ1v) is 13.3. The van der Waals surface area contributed by atoms with Crippen LogP contribution in [-0.4, -0.2) is 30.5 Å². The Morgan fingerprint density at radius 1 is 1.12 bits per heavy atom. The van der Waals surface area contributed by atoms with Crippen LogP contribution in [0.2, 0.25) is 0 Å². The largest absolute Gasteiger partial charge is 0.335 e. The fraction of sp³-hybridized carbons (Fsp3) is 0.400. The molecular weight excluding hydrogens is 452 g/mol. The quantitative estimate of drug-likeness (QED) is 0.467. The number of nitrogens with zero attached hydrogens (tertiary/aromatic N) is 1. The highest BCUT2D eigenvalue weighted by Crippen LogP contribution is 2.29. The van der Waals surface area contributed by atoms with Gasteiger partial charge in [-0.15, -0.1) is 0 Å². The Morgan fingerprint density at radius 3 is 2.65 bits per heavy atom. The fourth-order valence-electron chi connectivity index (χ4n) is 4.56. The van der Waals surface area contributed by atoms with Crippen LogP contribution in [0.4, 0.5) is 4.79 Å². The van der Waals surface area contributed by atoms with Crippen molar-refractivity contribution in [2.24, 2.45) is 0 Å². The van der Waals surface area contributed by atoms with E-state index < -0.39 is 16.1 Å². The van der Waals surface area contributed by atoms with Gasteiger partial charge in [-0.05, 0) is 49.1 Å². The van der Waals surface area contributed by atoms with Crippen molar-refractivity contribution in [3.05, 3.63) is 70.3 Å². The van der Waals surface area contributed by atoms with Gasteiger partial charge in [0, 0.05) is 12.0 Å². The Morgan fingerprint density at radius 2 is 1.88 bits per heavy atom. The molecule has 34 heavy (non-hydrogen) atoms. The summed E-state index contributed by atoms with van der Waals surface area (Å²) in [6, 6.07) is 12.9. The number of hydrogen-bond acceptors (Lipinski definition) is 5. The second-order valence-electron chi connectivity index (χ2n) is 8.80. The van der Waals surface area contributed by atoms with Gasteiger partial charge < -0.3 is 10.3 Å². The molecule has 3 N–H and O–H groups in total. The lowest BCUT2D eigenvalue weighted by Crippen LogP contribution is -2.45. The smallest absolute Gasteiger partial charge is 0.328 e.